The molecule has 134 valence electrons. The number of amides is 1. The van der Waals surface area contributed by atoms with Crippen LogP contribution in [0, 0.1) is 0 Å². The number of pyridine rings is 1. The minimum absolute atomic E-state index is 0.00662. The molecule has 3 aromatic rings. The Balaban J connectivity index is 1.60. The van der Waals surface area contributed by atoms with Crippen molar-refractivity contribution in [2.24, 2.45) is 0 Å². The molecule has 1 amide bonds. The number of carbonyl (C=O) groups excluding carboxylic acids is 1. The number of nitrogens with one attached hydrogen (secondary N) is 1. The standard InChI is InChI=1S/C20H19BrN2O2S/c1-25-18-6-5-17(21)11-14(18)4-7-19(24)23-12-15-3-2-9-22-20(15)16-8-10-26-13-16/h2-3,5-6,8-11,13H,4,7,12H2,1H3,(H,23,24). The normalized spacial score (nSPS) is 10.5. The zero-order valence-corrected chi connectivity index (χ0v) is 16.8. The van der Waals surface area contributed by atoms with Gasteiger partial charge in [-0.05, 0) is 53.3 Å². The van der Waals surface area contributed by atoms with Crippen LogP contribution in [-0.2, 0) is 17.8 Å². The Kier molecular flexibility index (Phi) is 6.41. The van der Waals surface area contributed by atoms with Crippen LogP contribution in [0.3, 0.4) is 0 Å². The van der Waals surface area contributed by atoms with Gasteiger partial charge in [0.1, 0.15) is 5.75 Å². The number of halogens is 1. The monoisotopic (exact) mass is 430 g/mol. The third-order valence-electron chi connectivity index (χ3n) is 4.03. The largest absolute Gasteiger partial charge is 0.496 e. The molecule has 6 heteroatoms. The van der Waals surface area contributed by atoms with Crippen LogP contribution in [0.25, 0.3) is 11.3 Å². The number of rotatable bonds is 7. The molecule has 0 aliphatic rings. The van der Waals surface area contributed by atoms with Crippen molar-refractivity contribution in [2.75, 3.05) is 7.11 Å². The van der Waals surface area contributed by atoms with Gasteiger partial charge in [0.15, 0.2) is 0 Å². The number of hydrogen-bond acceptors (Lipinski definition) is 4. The molecule has 1 aromatic carbocycles. The van der Waals surface area contributed by atoms with Crippen molar-refractivity contribution in [1.82, 2.24) is 10.3 Å². The molecule has 3 rings (SSSR count). The molecule has 2 heterocycles. The fourth-order valence-electron chi connectivity index (χ4n) is 2.71. The molecule has 0 bridgehead atoms. The quantitative estimate of drug-likeness (QED) is 0.583. The van der Waals surface area contributed by atoms with E-state index in [2.05, 4.69) is 31.6 Å². The van der Waals surface area contributed by atoms with E-state index in [1.807, 2.05) is 41.8 Å². The topological polar surface area (TPSA) is 51.2 Å². The number of methoxy groups -OCH3 is 1. The molecule has 0 atom stereocenters. The van der Waals surface area contributed by atoms with E-state index in [1.165, 1.54) is 0 Å². The van der Waals surface area contributed by atoms with Crippen LogP contribution in [-0.4, -0.2) is 18.0 Å². The number of hydrogen-bond donors (Lipinski definition) is 1. The van der Waals surface area contributed by atoms with Crippen molar-refractivity contribution in [2.45, 2.75) is 19.4 Å². The molecule has 0 aliphatic heterocycles. The van der Waals surface area contributed by atoms with E-state index >= 15 is 0 Å². The maximum absolute atomic E-state index is 12.3. The van der Waals surface area contributed by atoms with E-state index in [0.717, 1.165) is 32.6 Å². The molecule has 0 unspecified atom stereocenters. The van der Waals surface area contributed by atoms with E-state index in [9.17, 15) is 4.79 Å². The predicted octanol–water partition coefficient (Wildman–Crippen LogP) is 4.83. The second-order valence-corrected chi connectivity index (χ2v) is 7.45. The fourth-order valence-corrected chi connectivity index (χ4v) is 3.76. The highest BCUT2D eigenvalue weighted by molar-refractivity contribution is 9.10. The van der Waals surface area contributed by atoms with Gasteiger partial charge in [0.25, 0.3) is 0 Å². The highest BCUT2D eigenvalue weighted by Crippen LogP contribution is 2.25. The Morgan fingerprint density at radius 3 is 2.92 bits per heavy atom. The van der Waals surface area contributed by atoms with Crippen LogP contribution in [0.2, 0.25) is 0 Å². The molecule has 0 saturated heterocycles. The van der Waals surface area contributed by atoms with Crippen molar-refractivity contribution in [3.05, 3.63) is 69.0 Å². The predicted molar refractivity (Wildman–Crippen MR) is 108 cm³/mol. The third-order valence-corrected chi connectivity index (χ3v) is 5.20. The van der Waals surface area contributed by atoms with Gasteiger partial charge < -0.3 is 10.1 Å². The van der Waals surface area contributed by atoms with Gasteiger partial charge in [-0.15, -0.1) is 0 Å². The smallest absolute Gasteiger partial charge is 0.220 e. The molecule has 0 fully saturated rings. The third kappa shape index (κ3) is 4.71. The van der Waals surface area contributed by atoms with E-state index in [-0.39, 0.29) is 5.91 Å². The number of carbonyl (C=O) groups is 1. The second kappa shape index (κ2) is 8.96. The molecule has 0 aliphatic carbocycles. The number of nitrogens with zero attached hydrogens (tertiary/aromatic N) is 1. The fraction of sp³-hybridized carbons (Fsp3) is 0.200. The first-order valence-electron chi connectivity index (χ1n) is 8.23. The summed E-state index contributed by atoms with van der Waals surface area (Å²) in [6, 6.07) is 11.7. The molecule has 0 saturated carbocycles. The van der Waals surface area contributed by atoms with E-state index in [1.54, 1.807) is 24.6 Å². The van der Waals surface area contributed by atoms with Crippen LogP contribution in [0.1, 0.15) is 17.5 Å². The average molecular weight is 431 g/mol. The summed E-state index contributed by atoms with van der Waals surface area (Å²) in [6.45, 7) is 0.466. The summed E-state index contributed by atoms with van der Waals surface area (Å²) in [5.74, 6) is 0.806. The summed E-state index contributed by atoms with van der Waals surface area (Å²) < 4.78 is 6.34. The summed E-state index contributed by atoms with van der Waals surface area (Å²) >= 11 is 5.09. The SMILES string of the molecule is COc1ccc(Br)cc1CCC(=O)NCc1cccnc1-c1ccsc1. The summed E-state index contributed by atoms with van der Waals surface area (Å²) in [7, 11) is 1.64. The molecule has 26 heavy (non-hydrogen) atoms. The molecule has 0 spiro atoms. The minimum atomic E-state index is 0.00662. The maximum atomic E-state index is 12.3. The highest BCUT2D eigenvalue weighted by Gasteiger charge is 2.10. The summed E-state index contributed by atoms with van der Waals surface area (Å²) in [6.07, 6.45) is 2.80. The lowest BCUT2D eigenvalue weighted by atomic mass is 10.1. The van der Waals surface area contributed by atoms with Crippen LogP contribution in [0.5, 0.6) is 5.75 Å². The van der Waals surface area contributed by atoms with Gasteiger partial charge in [-0.2, -0.15) is 11.3 Å². The zero-order chi connectivity index (χ0) is 18.4. The van der Waals surface area contributed by atoms with Crippen LogP contribution >= 0.6 is 27.3 Å². The Hall–Kier alpha value is -2.18. The van der Waals surface area contributed by atoms with Gasteiger partial charge in [-0.3, -0.25) is 9.78 Å². The van der Waals surface area contributed by atoms with Gasteiger partial charge in [0.05, 0.1) is 12.8 Å². The van der Waals surface area contributed by atoms with Crippen LogP contribution in [0.15, 0.2) is 57.8 Å². The first kappa shape index (κ1) is 18.6. The minimum Gasteiger partial charge on any atom is -0.496 e. The molecule has 1 N–H and O–H groups in total. The van der Waals surface area contributed by atoms with Gasteiger partial charge in [-0.25, -0.2) is 0 Å². The van der Waals surface area contributed by atoms with E-state index in [4.69, 9.17) is 4.74 Å². The molecular formula is C20H19BrN2O2S. The Bertz CT molecular complexity index is 881. The summed E-state index contributed by atoms with van der Waals surface area (Å²) in [5, 5.41) is 7.08. The lowest BCUT2D eigenvalue weighted by Crippen LogP contribution is -2.23. The van der Waals surface area contributed by atoms with Crippen molar-refractivity contribution in [3.8, 4) is 17.0 Å². The van der Waals surface area contributed by atoms with E-state index < -0.39 is 0 Å². The molecule has 4 nitrogen and oxygen atoms in total. The number of ether oxygens (including phenoxy) is 1. The first-order chi connectivity index (χ1) is 12.7. The van der Waals surface area contributed by atoms with Crippen molar-refractivity contribution in [3.63, 3.8) is 0 Å². The Labute approximate surface area is 165 Å². The van der Waals surface area contributed by atoms with Gasteiger partial charge in [-0.1, -0.05) is 22.0 Å². The number of aromatic nitrogens is 1. The Morgan fingerprint density at radius 1 is 1.27 bits per heavy atom. The summed E-state index contributed by atoms with van der Waals surface area (Å²) in [5.41, 5.74) is 4.03. The van der Waals surface area contributed by atoms with E-state index in [0.29, 0.717) is 19.4 Å². The number of thiophene rings is 1. The zero-order valence-electron chi connectivity index (χ0n) is 14.4. The van der Waals surface area contributed by atoms with Gasteiger partial charge in [0.2, 0.25) is 5.91 Å². The second-order valence-electron chi connectivity index (χ2n) is 5.76. The molecule has 2 aromatic heterocycles. The maximum Gasteiger partial charge on any atom is 0.220 e. The molecular weight excluding hydrogens is 412 g/mol. The van der Waals surface area contributed by atoms with Crippen LogP contribution in [0.4, 0.5) is 0 Å². The van der Waals surface area contributed by atoms with Gasteiger partial charge in [0, 0.05) is 34.6 Å². The number of benzene rings is 1. The lowest BCUT2D eigenvalue weighted by Gasteiger charge is -2.11. The number of aryl methyl sites for hydroxylation is 1. The lowest BCUT2D eigenvalue weighted by molar-refractivity contribution is -0.121. The average Bonchev–Trinajstić information content (AvgIpc) is 3.19. The first-order valence-corrected chi connectivity index (χ1v) is 9.96. The van der Waals surface area contributed by atoms with Crippen molar-refractivity contribution in [1.29, 1.82) is 0 Å². The highest BCUT2D eigenvalue weighted by atomic mass is 79.9. The van der Waals surface area contributed by atoms with Crippen LogP contribution < -0.4 is 10.1 Å². The van der Waals surface area contributed by atoms with Gasteiger partial charge >= 0.3 is 0 Å². The van der Waals surface area contributed by atoms with Crippen molar-refractivity contribution < 1.29 is 9.53 Å². The molecule has 0 radical (unpaired) electrons. The Morgan fingerprint density at radius 2 is 2.15 bits per heavy atom. The van der Waals surface area contributed by atoms with Crippen molar-refractivity contribution >= 4 is 33.2 Å². The summed E-state index contributed by atoms with van der Waals surface area (Å²) in [4.78, 5) is 16.7.